The second kappa shape index (κ2) is 6.89. The maximum absolute atomic E-state index is 11.1. The lowest BCUT2D eigenvalue weighted by Crippen LogP contribution is -2.39. The van der Waals surface area contributed by atoms with Crippen LogP contribution in [0.4, 0.5) is 11.6 Å². The summed E-state index contributed by atoms with van der Waals surface area (Å²) in [7, 11) is 0. The Morgan fingerprint density at radius 3 is 2.68 bits per heavy atom. The molecule has 0 spiro atoms. The van der Waals surface area contributed by atoms with E-state index in [1.807, 2.05) is 20.8 Å². The Bertz CT molecular complexity index is 436. The molecule has 0 aliphatic carbocycles. The van der Waals surface area contributed by atoms with Crippen LogP contribution in [0.1, 0.15) is 26.6 Å². The summed E-state index contributed by atoms with van der Waals surface area (Å²) in [4.78, 5) is 21.3. The van der Waals surface area contributed by atoms with E-state index in [4.69, 9.17) is 16.2 Å². The Kier molecular flexibility index (Phi) is 5.50. The molecule has 1 rings (SSSR count). The molecule has 1 amide bonds. The molecular formula is C12H21N5O2. The molecule has 7 nitrogen and oxygen atoms in total. The Labute approximate surface area is 113 Å². The predicted octanol–water partition coefficient (Wildman–Crippen LogP) is 0.295. The smallest absolute Gasteiger partial charge is 0.237 e. The molecule has 7 heteroatoms. The number of nitrogen functional groups attached to an aromatic ring is 1. The van der Waals surface area contributed by atoms with Crippen LogP contribution in [0.25, 0.3) is 0 Å². The van der Waals surface area contributed by atoms with E-state index in [0.717, 1.165) is 0 Å². The van der Waals surface area contributed by atoms with E-state index in [-0.39, 0.29) is 19.2 Å². The van der Waals surface area contributed by atoms with E-state index >= 15 is 0 Å². The van der Waals surface area contributed by atoms with Gasteiger partial charge in [0.15, 0.2) is 5.82 Å². The van der Waals surface area contributed by atoms with E-state index in [9.17, 15) is 4.79 Å². The first-order valence-electron chi connectivity index (χ1n) is 6.20. The van der Waals surface area contributed by atoms with Gasteiger partial charge >= 0.3 is 0 Å². The summed E-state index contributed by atoms with van der Waals surface area (Å²) in [5.41, 5.74) is 11.0. The first-order valence-corrected chi connectivity index (χ1v) is 6.20. The van der Waals surface area contributed by atoms with Gasteiger partial charge in [0.2, 0.25) is 5.91 Å². The van der Waals surface area contributed by atoms with Crippen LogP contribution in [0.15, 0.2) is 6.07 Å². The number of primary amides is 1. The van der Waals surface area contributed by atoms with Gasteiger partial charge in [-0.3, -0.25) is 4.79 Å². The quantitative estimate of drug-likeness (QED) is 0.735. The van der Waals surface area contributed by atoms with Gasteiger partial charge in [-0.2, -0.15) is 0 Å². The minimum Gasteiger partial charge on any atom is -0.384 e. The molecule has 0 saturated carbocycles. The molecule has 0 aromatic carbocycles. The van der Waals surface area contributed by atoms with Crippen molar-refractivity contribution in [3.8, 4) is 0 Å². The lowest BCUT2D eigenvalue weighted by atomic mass is 10.3. The number of rotatable bonds is 7. The largest absolute Gasteiger partial charge is 0.384 e. The molecule has 4 N–H and O–H groups in total. The number of anilines is 2. The summed E-state index contributed by atoms with van der Waals surface area (Å²) in [6.07, 6.45) is 0. The first-order chi connectivity index (χ1) is 8.93. The number of amides is 1. The number of hydrogen-bond acceptors (Lipinski definition) is 6. The fraction of sp³-hybridized carbons (Fsp3) is 0.583. The lowest BCUT2D eigenvalue weighted by molar-refractivity contribution is -0.116. The van der Waals surface area contributed by atoms with Crippen molar-refractivity contribution < 1.29 is 9.53 Å². The molecule has 0 radical (unpaired) electrons. The van der Waals surface area contributed by atoms with Gasteiger partial charge in [0.1, 0.15) is 18.2 Å². The van der Waals surface area contributed by atoms with Gasteiger partial charge in [0.25, 0.3) is 0 Å². The van der Waals surface area contributed by atoms with Gasteiger partial charge in [-0.25, -0.2) is 9.97 Å². The molecule has 0 unspecified atom stereocenters. The Hall–Kier alpha value is -1.89. The van der Waals surface area contributed by atoms with Crippen LogP contribution >= 0.6 is 0 Å². The highest BCUT2D eigenvalue weighted by Crippen LogP contribution is 2.17. The third-order valence-corrected chi connectivity index (χ3v) is 2.46. The SMILES string of the molecule is CCOCc1nc(N)cc(N(CC(N)=O)C(C)C)n1. The van der Waals surface area contributed by atoms with Crippen LogP contribution in [0.3, 0.4) is 0 Å². The van der Waals surface area contributed by atoms with Crippen molar-refractivity contribution in [2.75, 3.05) is 23.8 Å². The summed E-state index contributed by atoms with van der Waals surface area (Å²) in [6, 6.07) is 1.69. The van der Waals surface area contributed by atoms with Crippen molar-refractivity contribution in [2.24, 2.45) is 5.73 Å². The van der Waals surface area contributed by atoms with Crippen molar-refractivity contribution in [3.63, 3.8) is 0 Å². The number of carbonyl (C=O) groups is 1. The van der Waals surface area contributed by atoms with E-state index in [2.05, 4.69) is 9.97 Å². The van der Waals surface area contributed by atoms with Crippen molar-refractivity contribution in [1.29, 1.82) is 0 Å². The fourth-order valence-corrected chi connectivity index (χ4v) is 1.60. The lowest BCUT2D eigenvalue weighted by Gasteiger charge is -2.26. The Balaban J connectivity index is 3.01. The van der Waals surface area contributed by atoms with Crippen LogP contribution in [-0.2, 0) is 16.1 Å². The Morgan fingerprint density at radius 2 is 2.16 bits per heavy atom. The molecule has 19 heavy (non-hydrogen) atoms. The van der Waals surface area contributed by atoms with Crippen LogP contribution in [0, 0.1) is 0 Å². The fourth-order valence-electron chi connectivity index (χ4n) is 1.60. The molecule has 0 saturated heterocycles. The number of hydrogen-bond donors (Lipinski definition) is 2. The number of nitrogens with zero attached hydrogens (tertiary/aromatic N) is 3. The molecular weight excluding hydrogens is 246 g/mol. The van der Waals surface area contributed by atoms with Crippen molar-refractivity contribution in [1.82, 2.24) is 9.97 Å². The van der Waals surface area contributed by atoms with Gasteiger partial charge in [-0.05, 0) is 20.8 Å². The van der Waals surface area contributed by atoms with Crippen molar-refractivity contribution >= 4 is 17.5 Å². The van der Waals surface area contributed by atoms with Crippen LogP contribution in [0.5, 0.6) is 0 Å². The third kappa shape index (κ3) is 4.70. The zero-order valence-corrected chi connectivity index (χ0v) is 11.6. The van der Waals surface area contributed by atoms with Crippen molar-refractivity contribution in [3.05, 3.63) is 11.9 Å². The molecule has 1 aromatic rings. The average molecular weight is 267 g/mol. The van der Waals surface area contributed by atoms with E-state index in [1.165, 1.54) is 0 Å². The van der Waals surface area contributed by atoms with Crippen LogP contribution < -0.4 is 16.4 Å². The van der Waals surface area contributed by atoms with E-state index in [1.54, 1.807) is 11.0 Å². The minimum atomic E-state index is -0.419. The maximum Gasteiger partial charge on any atom is 0.237 e. The summed E-state index contributed by atoms with van der Waals surface area (Å²) < 4.78 is 5.26. The highest BCUT2D eigenvalue weighted by molar-refractivity contribution is 5.79. The van der Waals surface area contributed by atoms with Gasteiger partial charge in [-0.15, -0.1) is 0 Å². The van der Waals surface area contributed by atoms with Crippen LogP contribution in [-0.4, -0.2) is 35.1 Å². The average Bonchev–Trinajstić information content (AvgIpc) is 2.32. The second-order valence-electron chi connectivity index (χ2n) is 4.39. The predicted molar refractivity (Wildman–Crippen MR) is 73.5 cm³/mol. The zero-order chi connectivity index (χ0) is 14.4. The monoisotopic (exact) mass is 267 g/mol. The molecule has 0 fully saturated rings. The molecule has 1 aromatic heterocycles. The second-order valence-corrected chi connectivity index (χ2v) is 4.39. The number of nitrogens with two attached hydrogens (primary N) is 2. The standard InChI is InChI=1S/C12H21N5O2/c1-4-19-7-11-15-9(13)5-12(16-11)17(8(2)3)6-10(14)18/h5,8H,4,6-7H2,1-3H3,(H2,14,18)(H2,13,15,16). The molecule has 106 valence electrons. The molecule has 0 aliphatic heterocycles. The Morgan fingerprint density at radius 1 is 1.47 bits per heavy atom. The molecule has 0 atom stereocenters. The van der Waals surface area contributed by atoms with Gasteiger partial charge in [-0.1, -0.05) is 0 Å². The zero-order valence-electron chi connectivity index (χ0n) is 11.6. The first kappa shape index (κ1) is 15.2. The normalized spacial score (nSPS) is 10.7. The molecule has 0 aliphatic rings. The summed E-state index contributed by atoms with van der Waals surface area (Å²) in [6.45, 7) is 6.73. The summed E-state index contributed by atoms with van der Waals surface area (Å²) in [5.74, 6) is 0.995. The van der Waals surface area contributed by atoms with Gasteiger partial charge in [0.05, 0.1) is 6.54 Å². The molecule has 1 heterocycles. The van der Waals surface area contributed by atoms with E-state index < -0.39 is 5.91 Å². The molecule has 0 bridgehead atoms. The highest BCUT2D eigenvalue weighted by Gasteiger charge is 2.16. The third-order valence-electron chi connectivity index (χ3n) is 2.46. The maximum atomic E-state index is 11.1. The topological polar surface area (TPSA) is 107 Å². The number of carbonyl (C=O) groups excluding carboxylic acids is 1. The van der Waals surface area contributed by atoms with Crippen molar-refractivity contribution in [2.45, 2.75) is 33.4 Å². The highest BCUT2D eigenvalue weighted by atomic mass is 16.5. The van der Waals surface area contributed by atoms with Gasteiger partial charge in [0, 0.05) is 18.7 Å². The van der Waals surface area contributed by atoms with E-state index in [0.29, 0.717) is 24.1 Å². The minimum absolute atomic E-state index is 0.0711. The van der Waals surface area contributed by atoms with Crippen LogP contribution in [0.2, 0.25) is 0 Å². The number of aromatic nitrogens is 2. The summed E-state index contributed by atoms with van der Waals surface area (Å²) >= 11 is 0. The summed E-state index contributed by atoms with van der Waals surface area (Å²) in [5, 5.41) is 0. The van der Waals surface area contributed by atoms with Gasteiger partial charge < -0.3 is 21.1 Å². The number of ether oxygens (including phenoxy) is 1.